The number of aryl methyl sites for hydroxylation is 1. The third kappa shape index (κ3) is 3.51. The van der Waals surface area contributed by atoms with Gasteiger partial charge in [0.1, 0.15) is 17.2 Å². The molecule has 1 aromatic heterocycles. The normalized spacial score (nSPS) is 15.9. The number of nitrogens with zero attached hydrogens (tertiary/aromatic N) is 2. The highest BCUT2D eigenvalue weighted by Crippen LogP contribution is 2.45. The smallest absolute Gasteiger partial charge is 0.383 e. The molecule has 0 aliphatic heterocycles. The molecule has 1 saturated carbocycles. The van der Waals surface area contributed by atoms with Crippen molar-refractivity contribution in [1.29, 1.82) is 0 Å². The fraction of sp³-hybridized carbons (Fsp3) is 0.412. The summed E-state index contributed by atoms with van der Waals surface area (Å²) < 4.78 is 53.7. The molecule has 2 aromatic rings. The third-order valence-electron chi connectivity index (χ3n) is 4.50. The zero-order valence-corrected chi connectivity index (χ0v) is 14.0. The molecule has 1 aliphatic carbocycles. The van der Waals surface area contributed by atoms with Gasteiger partial charge in [-0.05, 0) is 42.9 Å². The first kappa shape index (κ1) is 18.2. The molecule has 0 spiro atoms. The fourth-order valence-corrected chi connectivity index (χ4v) is 3.11. The van der Waals surface area contributed by atoms with E-state index >= 15 is 0 Å². The van der Waals surface area contributed by atoms with Crippen LogP contribution in [0.3, 0.4) is 0 Å². The summed E-state index contributed by atoms with van der Waals surface area (Å²) in [6.45, 7) is 1.61. The van der Waals surface area contributed by atoms with E-state index < -0.39 is 41.6 Å². The van der Waals surface area contributed by atoms with Crippen molar-refractivity contribution in [2.75, 3.05) is 5.73 Å². The molecule has 26 heavy (non-hydrogen) atoms. The van der Waals surface area contributed by atoms with Crippen LogP contribution in [-0.4, -0.2) is 21.9 Å². The molecule has 9 heteroatoms. The van der Waals surface area contributed by atoms with E-state index in [1.807, 2.05) is 0 Å². The summed E-state index contributed by atoms with van der Waals surface area (Å²) in [5.41, 5.74) is 11.2. The molecule has 1 atom stereocenters. The van der Waals surface area contributed by atoms with E-state index in [2.05, 4.69) is 5.10 Å². The van der Waals surface area contributed by atoms with Crippen molar-refractivity contribution in [3.05, 3.63) is 46.4 Å². The lowest BCUT2D eigenvalue weighted by molar-refractivity contribution is -0.127. The molecular weight excluding hydrogens is 352 g/mol. The molecule has 0 radical (unpaired) electrons. The first-order chi connectivity index (χ1) is 12.1. The molecule has 5 nitrogen and oxygen atoms in total. The number of halogens is 4. The predicted molar refractivity (Wildman–Crippen MR) is 86.9 cm³/mol. The second kappa shape index (κ2) is 6.30. The first-order valence-electron chi connectivity index (χ1n) is 8.08. The molecular formula is C17H18F4N4O. The van der Waals surface area contributed by atoms with Crippen LogP contribution < -0.4 is 11.5 Å². The molecule has 1 amide bonds. The monoisotopic (exact) mass is 370 g/mol. The van der Waals surface area contributed by atoms with Crippen LogP contribution in [-0.2, 0) is 6.42 Å². The molecule has 3 rings (SSSR count). The number of amides is 1. The average Bonchev–Trinajstić information content (AvgIpc) is 3.27. The van der Waals surface area contributed by atoms with Crippen molar-refractivity contribution in [2.24, 2.45) is 11.7 Å². The maximum atomic E-state index is 14.0. The topological polar surface area (TPSA) is 86.9 Å². The van der Waals surface area contributed by atoms with Crippen molar-refractivity contribution in [3.63, 3.8) is 0 Å². The summed E-state index contributed by atoms with van der Waals surface area (Å²) in [6, 6.07) is 4.05. The number of carbonyl (C=O) groups is 1. The largest absolute Gasteiger partial charge is 0.394 e. The summed E-state index contributed by atoms with van der Waals surface area (Å²) in [5.74, 6) is -1.67. The fourth-order valence-electron chi connectivity index (χ4n) is 3.11. The lowest BCUT2D eigenvalue weighted by atomic mass is 10.0. The van der Waals surface area contributed by atoms with Gasteiger partial charge in [0.2, 0.25) is 0 Å². The number of aromatic nitrogens is 2. The number of primary amides is 1. The van der Waals surface area contributed by atoms with Gasteiger partial charge in [-0.1, -0.05) is 12.1 Å². The molecule has 4 N–H and O–H groups in total. The number of rotatable bonds is 5. The van der Waals surface area contributed by atoms with E-state index in [0.29, 0.717) is 11.1 Å². The van der Waals surface area contributed by atoms with Crippen molar-refractivity contribution >= 4 is 11.7 Å². The highest BCUT2D eigenvalue weighted by molar-refractivity contribution is 5.98. The Morgan fingerprint density at radius 1 is 1.38 bits per heavy atom. The summed E-state index contributed by atoms with van der Waals surface area (Å²) in [5, 5.41) is 3.95. The van der Waals surface area contributed by atoms with Crippen LogP contribution in [0, 0.1) is 18.7 Å². The van der Waals surface area contributed by atoms with E-state index in [1.165, 1.54) is 10.7 Å². The van der Waals surface area contributed by atoms with E-state index in [9.17, 15) is 22.4 Å². The number of carbonyl (C=O) groups excluding carboxylic acids is 1. The second-order valence-corrected chi connectivity index (χ2v) is 6.60. The van der Waals surface area contributed by atoms with Gasteiger partial charge >= 0.3 is 6.18 Å². The highest BCUT2D eigenvalue weighted by Gasteiger charge is 2.39. The molecule has 0 bridgehead atoms. The molecule has 1 aromatic carbocycles. The zero-order chi connectivity index (χ0) is 19.2. The number of benzene rings is 1. The Morgan fingerprint density at radius 2 is 2.04 bits per heavy atom. The Labute approximate surface area is 147 Å². The number of hydrogen-bond donors (Lipinski definition) is 2. The summed E-state index contributed by atoms with van der Waals surface area (Å²) in [4.78, 5) is 11.6. The number of anilines is 1. The number of hydrogen-bond acceptors (Lipinski definition) is 3. The Morgan fingerprint density at radius 3 is 2.54 bits per heavy atom. The Kier molecular flexibility index (Phi) is 4.41. The average molecular weight is 370 g/mol. The maximum Gasteiger partial charge on any atom is 0.394 e. The number of alkyl halides is 3. The van der Waals surface area contributed by atoms with E-state index in [1.54, 1.807) is 19.1 Å². The maximum absolute atomic E-state index is 14.0. The standard InChI is InChI=1S/C17H18F4N4O/c1-8-2-3-10(6-11(8)18)14(9-4-5-9)25-15(22)13(16(23)26)12(24-25)7-17(19,20)21/h2-3,6,9,14H,4-5,7,22H2,1H3,(H2,23,26). The van der Waals surface area contributed by atoms with Crippen molar-refractivity contribution in [2.45, 2.75) is 38.4 Å². The van der Waals surface area contributed by atoms with Crippen LogP contribution in [0.15, 0.2) is 18.2 Å². The molecule has 140 valence electrons. The van der Waals surface area contributed by atoms with Crippen LogP contribution in [0.4, 0.5) is 23.4 Å². The van der Waals surface area contributed by atoms with Crippen molar-refractivity contribution in [1.82, 2.24) is 9.78 Å². The summed E-state index contributed by atoms with van der Waals surface area (Å²) >= 11 is 0. The lowest BCUT2D eigenvalue weighted by Gasteiger charge is -2.19. The van der Waals surface area contributed by atoms with Crippen molar-refractivity contribution < 1.29 is 22.4 Å². The van der Waals surface area contributed by atoms with Crippen LogP contribution in [0.2, 0.25) is 0 Å². The molecule has 1 unspecified atom stereocenters. The molecule has 1 heterocycles. The lowest BCUT2D eigenvalue weighted by Crippen LogP contribution is -2.19. The van der Waals surface area contributed by atoms with Gasteiger partial charge in [-0.15, -0.1) is 0 Å². The van der Waals surface area contributed by atoms with E-state index in [4.69, 9.17) is 11.5 Å². The van der Waals surface area contributed by atoms with E-state index in [-0.39, 0.29) is 11.7 Å². The van der Waals surface area contributed by atoms with Crippen molar-refractivity contribution in [3.8, 4) is 0 Å². The first-order valence-corrected chi connectivity index (χ1v) is 8.08. The Balaban J connectivity index is 2.11. The van der Waals surface area contributed by atoms with Gasteiger partial charge in [0.25, 0.3) is 5.91 Å². The Bertz CT molecular complexity index is 855. The van der Waals surface area contributed by atoms with Crippen LogP contribution in [0.1, 0.15) is 46.1 Å². The van der Waals surface area contributed by atoms with Gasteiger partial charge in [-0.25, -0.2) is 9.07 Å². The predicted octanol–water partition coefficient (Wildman–Crippen LogP) is 3.12. The van der Waals surface area contributed by atoms with Gasteiger partial charge in [0, 0.05) is 0 Å². The molecule has 0 saturated heterocycles. The zero-order valence-electron chi connectivity index (χ0n) is 14.0. The number of nitrogens with two attached hydrogens (primary N) is 2. The molecule has 1 aliphatic rings. The van der Waals surface area contributed by atoms with Gasteiger partial charge in [0.05, 0.1) is 18.2 Å². The summed E-state index contributed by atoms with van der Waals surface area (Å²) in [6.07, 6.45) is -4.37. The minimum Gasteiger partial charge on any atom is -0.383 e. The minimum atomic E-state index is -4.57. The van der Waals surface area contributed by atoms with E-state index in [0.717, 1.165) is 12.8 Å². The third-order valence-corrected chi connectivity index (χ3v) is 4.50. The Hall–Kier alpha value is -2.58. The van der Waals surface area contributed by atoms with Gasteiger partial charge in [-0.3, -0.25) is 4.79 Å². The van der Waals surface area contributed by atoms with Gasteiger partial charge in [0.15, 0.2) is 0 Å². The van der Waals surface area contributed by atoms with Gasteiger partial charge in [-0.2, -0.15) is 18.3 Å². The van der Waals surface area contributed by atoms with Crippen LogP contribution >= 0.6 is 0 Å². The SMILES string of the molecule is Cc1ccc(C(C2CC2)n2nc(CC(F)(F)F)c(C(N)=O)c2N)cc1F. The highest BCUT2D eigenvalue weighted by atomic mass is 19.4. The van der Waals surface area contributed by atoms with Crippen LogP contribution in [0.5, 0.6) is 0 Å². The number of nitrogen functional groups attached to an aromatic ring is 1. The minimum absolute atomic E-state index is 0.0544. The quantitative estimate of drug-likeness (QED) is 0.793. The second-order valence-electron chi connectivity index (χ2n) is 6.60. The van der Waals surface area contributed by atoms with Gasteiger partial charge < -0.3 is 11.5 Å². The van der Waals surface area contributed by atoms with Crippen LogP contribution in [0.25, 0.3) is 0 Å². The summed E-state index contributed by atoms with van der Waals surface area (Å²) in [7, 11) is 0. The molecule has 1 fully saturated rings.